The predicted octanol–water partition coefficient (Wildman–Crippen LogP) is 25.5. The summed E-state index contributed by atoms with van der Waals surface area (Å²) in [4.78, 5) is 65.2. The van der Waals surface area contributed by atoms with Gasteiger partial charge in [0.1, 0.15) is 23.1 Å². The summed E-state index contributed by atoms with van der Waals surface area (Å²) in [7, 11) is -7.73. The second-order valence-electron chi connectivity index (χ2n) is 37.2. The summed E-state index contributed by atoms with van der Waals surface area (Å²) >= 11 is 0. The van der Waals surface area contributed by atoms with Crippen LogP contribution in [0.5, 0.6) is 11.5 Å². The maximum Gasteiger partial charge on any atom is 0.524 e. The molecule has 0 spiro atoms. The Morgan fingerprint density at radius 1 is 0.538 bits per heavy atom. The van der Waals surface area contributed by atoms with Crippen molar-refractivity contribution in [1.29, 1.82) is 0 Å². The van der Waals surface area contributed by atoms with Gasteiger partial charge < -0.3 is 23.5 Å². The smallest absolute Gasteiger partial charge is 0.443 e. The van der Waals surface area contributed by atoms with Gasteiger partial charge in [0.05, 0.1) is 80.4 Å². The molecule has 3 N–H and O–H groups in total. The van der Waals surface area contributed by atoms with Crippen LogP contribution >= 0.6 is 15.2 Å². The van der Waals surface area contributed by atoms with Crippen molar-refractivity contribution in [2.24, 2.45) is 5.92 Å². The fourth-order valence-electron chi connectivity index (χ4n) is 18.6. The van der Waals surface area contributed by atoms with E-state index < -0.39 is 84.4 Å². The summed E-state index contributed by atoms with van der Waals surface area (Å²) in [6, 6.07) is 37.5. The van der Waals surface area contributed by atoms with Crippen LogP contribution in [0.3, 0.4) is 0 Å². The molecule has 130 heavy (non-hydrogen) atoms. The topological polar surface area (TPSA) is 226 Å². The van der Waals surface area contributed by atoms with Crippen molar-refractivity contribution in [2.45, 2.75) is 237 Å². The number of aromatic amines is 1. The monoisotopic (exact) mass is 1830 g/mol. The van der Waals surface area contributed by atoms with Gasteiger partial charge in [-0.25, -0.2) is 27.5 Å². The number of hydrogen-bond donors (Lipinski definition) is 3. The van der Waals surface area contributed by atoms with Crippen LogP contribution < -0.4 is 9.05 Å². The average molecular weight is 1830 g/mol. The lowest BCUT2D eigenvalue weighted by Crippen LogP contribution is -2.36. The van der Waals surface area contributed by atoms with E-state index in [0.717, 1.165) is 139 Å². The van der Waals surface area contributed by atoms with Crippen molar-refractivity contribution in [2.75, 3.05) is 19.9 Å². The number of phosphoric ester groups is 1. The van der Waals surface area contributed by atoms with Gasteiger partial charge in [-0.2, -0.15) is 36.5 Å². The van der Waals surface area contributed by atoms with Crippen LogP contribution in [-0.2, 0) is 110 Å². The highest BCUT2D eigenvalue weighted by molar-refractivity contribution is 7.57. The number of H-pyrrole nitrogens is 1. The maximum absolute atomic E-state index is 16.3. The third-order valence-corrected chi connectivity index (χ3v) is 25.8. The minimum Gasteiger partial charge on any atom is -0.443 e. The number of nitrogens with zero attached hydrogens (tertiary/aromatic N) is 7. The molecule has 0 radical (unpaired) electrons. The molecule has 0 fully saturated rings. The van der Waals surface area contributed by atoms with Gasteiger partial charge in [0.25, 0.3) is 0 Å². The number of esters is 1. The minimum atomic E-state index is -4.95. The largest absolute Gasteiger partial charge is 0.524 e. The van der Waals surface area contributed by atoms with E-state index in [1.807, 2.05) is 82.6 Å². The molecule has 2 aliphatic heterocycles. The van der Waals surface area contributed by atoms with Gasteiger partial charge in [-0.15, -0.1) is 0 Å². The zero-order valence-electron chi connectivity index (χ0n) is 77.8. The summed E-state index contributed by atoms with van der Waals surface area (Å²) in [6.07, 6.45) is -3.64. The number of alkyl halides is 6. The summed E-state index contributed by atoms with van der Waals surface area (Å²) in [5, 5.41) is 11.9. The molecule has 29 heteroatoms. The fourth-order valence-corrected chi connectivity index (χ4v) is 19.6. The van der Waals surface area contributed by atoms with Crippen molar-refractivity contribution in [3.63, 3.8) is 0 Å². The second-order valence-corrected chi connectivity index (χ2v) is 41.1. The first-order valence-corrected chi connectivity index (χ1v) is 47.7. The number of carbonyl (C=O) groups excluding carboxylic acids is 3. The Balaban J connectivity index is 0.000000192. The Labute approximate surface area is 754 Å². The zero-order valence-corrected chi connectivity index (χ0v) is 79.6. The van der Waals surface area contributed by atoms with Gasteiger partial charge in [0.2, 0.25) is 13.3 Å². The second kappa shape index (κ2) is 37.5. The van der Waals surface area contributed by atoms with Crippen molar-refractivity contribution in [1.82, 2.24) is 38.9 Å². The van der Waals surface area contributed by atoms with Crippen LogP contribution in [-0.4, -0.2) is 86.7 Å². The van der Waals surface area contributed by atoms with E-state index in [1.54, 1.807) is 85.5 Å². The Morgan fingerprint density at radius 3 is 1.38 bits per heavy atom. The number of nitrogens with one attached hydrogen (secondary N) is 1. The van der Waals surface area contributed by atoms with E-state index >= 15 is 4.39 Å². The van der Waals surface area contributed by atoms with Crippen LogP contribution in [0.15, 0.2) is 146 Å². The van der Waals surface area contributed by atoms with Crippen molar-refractivity contribution in [3.8, 4) is 45.4 Å². The summed E-state index contributed by atoms with van der Waals surface area (Å²) < 4.78 is 162. The van der Waals surface area contributed by atoms with Crippen molar-refractivity contribution >= 4 is 55.0 Å². The van der Waals surface area contributed by atoms with Gasteiger partial charge in [0, 0.05) is 113 Å². The van der Waals surface area contributed by atoms with Gasteiger partial charge >= 0.3 is 32.3 Å². The highest BCUT2D eigenvalue weighted by Crippen LogP contribution is 2.53. The molecule has 4 aromatic heterocycles. The van der Waals surface area contributed by atoms with Crippen LogP contribution in [0.4, 0.5) is 39.9 Å². The number of rotatable bonds is 24. The Morgan fingerprint density at radius 2 is 0.969 bits per heavy atom. The molecule has 19 nitrogen and oxygen atoms in total. The molecule has 692 valence electrons. The van der Waals surface area contributed by atoms with E-state index in [-0.39, 0.29) is 42.4 Å². The SMILES string of the molecule is CCc1cccc(CC)c1-n1nc2c(c1-c1ccc(F)c3[nH]ccc13)CN(Cc1ccc(C(F)(F)F)cc1C)C2(C)C.CCc1cccc(CC)c1-n1nc2c(c1-c1ccc(F)c3c1ccn3C(=O)CC(C)(C)c1c(C)cc(C)cc1OP(=O)(O)O)CN(Cc1ccc(C(F)(F)F)cc1C)C2(C)C.Cc1cc(C)c(C(C)(C)CC(=O)OC(=O)OCC(C)C)c(OP(C)(C)=O)c1. The molecular formula is C101H116F8N8O11P2. The molecule has 14 rings (SSSR count). The molecule has 12 aromatic rings. The van der Waals surface area contributed by atoms with Crippen LogP contribution in [0.1, 0.15) is 226 Å². The minimum absolute atomic E-state index is 0.0270. The summed E-state index contributed by atoms with van der Waals surface area (Å²) in [5.41, 5.74) is 16.9. The highest BCUT2D eigenvalue weighted by atomic mass is 31.2. The van der Waals surface area contributed by atoms with E-state index in [1.165, 1.54) is 52.1 Å². The number of carbonyl (C=O) groups is 3. The number of hydrogen-bond acceptors (Lipinski definition) is 13. The quantitative estimate of drug-likeness (QED) is 0.0221. The van der Waals surface area contributed by atoms with Gasteiger partial charge in [-0.05, 0) is 240 Å². The standard InChI is InChI=1S/C47H51F4N4O5P.C34H34F4N4.C20H31O6P/c1-10-30-13-12-14-31(11-2)41(30)55-42(36-26-53(46(8,9)44(36)52-55)25-32-15-16-33(23-28(32)4)47(49,50)51)34-17-18-37(48)43-35(34)19-20-54(43)39(56)24-45(6,7)40-29(5)21-27(3)22-38(40)60-61(57,58)59;1-6-21-9-8-10-22(7-2)30(21)42-31(26-13-14-28(35)29-25(26)15-16-39-29)27-19-41(33(4,5)32(27)40-42)18-23-11-12-24(17-20(23)3)34(36,37)38;1-13(2)12-24-19(22)25-17(21)11-20(5,6)18-15(4)9-14(3)10-16(18)26-27(7,8)23/h12-23H,10-11,24-26H2,1-9H3,(H2,57,58,59);8-17,39H,6-7,18-19H2,1-5H3;9-10,13H,11-12H2,1-8H3. The molecule has 8 aromatic carbocycles. The molecule has 0 aliphatic carbocycles. The summed E-state index contributed by atoms with van der Waals surface area (Å²) in [6.45, 7) is 43.7. The number of halogens is 8. The first-order valence-electron chi connectivity index (χ1n) is 43.6. The third-order valence-electron chi connectivity index (χ3n) is 24.8. The predicted molar refractivity (Wildman–Crippen MR) is 492 cm³/mol. The third kappa shape index (κ3) is 20.6. The first kappa shape index (κ1) is 98.2. The highest BCUT2D eigenvalue weighted by Gasteiger charge is 2.47. The first-order chi connectivity index (χ1) is 60.6. The average Bonchev–Trinajstić information content (AvgIpc) is 1.52. The normalized spacial score (nSPS) is 14.2. The molecule has 0 saturated heterocycles. The van der Waals surface area contributed by atoms with Gasteiger partial charge in [-0.1, -0.05) is 130 Å². The molecule has 6 heterocycles. The molecule has 0 saturated carbocycles. The number of para-hydroxylation sites is 2. The molecule has 0 atom stereocenters. The van der Waals surface area contributed by atoms with E-state index in [0.29, 0.717) is 70.6 Å². The molecule has 0 amide bonds. The molecule has 2 aliphatic rings. The van der Waals surface area contributed by atoms with E-state index in [4.69, 9.17) is 28.7 Å². The summed E-state index contributed by atoms with van der Waals surface area (Å²) in [5.74, 6) is -1.45. The molecular weight excluding hydrogens is 1720 g/mol. The van der Waals surface area contributed by atoms with Gasteiger partial charge in [0.15, 0.2) is 0 Å². The maximum atomic E-state index is 16.3. The number of aryl methyl sites for hydroxylation is 10. The van der Waals surface area contributed by atoms with Crippen LogP contribution in [0.25, 0.3) is 55.7 Å². The Hall–Kier alpha value is -10.8. The Bertz CT molecular complexity index is 6410. The molecule has 0 bridgehead atoms. The molecule has 0 unspecified atom stereocenters. The number of benzene rings is 8. The number of fused-ring (bicyclic) bond motifs is 4. The van der Waals surface area contributed by atoms with E-state index in [2.05, 4.69) is 105 Å². The zero-order chi connectivity index (χ0) is 95.5. The lowest BCUT2D eigenvalue weighted by molar-refractivity contribution is -0.141. The van der Waals surface area contributed by atoms with Crippen LogP contribution in [0.2, 0.25) is 0 Å². The lowest BCUT2D eigenvalue weighted by atomic mass is 9.78. The van der Waals surface area contributed by atoms with Crippen LogP contribution in [0, 0.1) is 59.1 Å². The van der Waals surface area contributed by atoms with Gasteiger partial charge in [-0.3, -0.25) is 38.3 Å². The number of aromatic nitrogens is 6. The number of phosphoric acid groups is 1. The van der Waals surface area contributed by atoms with E-state index in [9.17, 15) is 64.0 Å². The van der Waals surface area contributed by atoms with Crippen molar-refractivity contribution in [3.05, 3.63) is 269 Å². The fraction of sp³-hybridized carbons (Fsp3) is 0.396. The Kier molecular flexibility index (Phi) is 28.3. The number of ether oxygens (including phenoxy) is 2. The lowest BCUT2D eigenvalue weighted by Gasteiger charge is -2.32. The van der Waals surface area contributed by atoms with Crippen molar-refractivity contribution < 1.29 is 86.9 Å².